The summed E-state index contributed by atoms with van der Waals surface area (Å²) in [6.07, 6.45) is 1.74. The number of aromatic nitrogens is 2. The highest BCUT2D eigenvalue weighted by atomic mass is 35.5. The van der Waals surface area contributed by atoms with Gasteiger partial charge < -0.3 is 5.32 Å². The molecule has 0 saturated carbocycles. The smallest absolute Gasteiger partial charge is 0.251 e. The van der Waals surface area contributed by atoms with Crippen LogP contribution < -0.4 is 5.32 Å². The van der Waals surface area contributed by atoms with Crippen molar-refractivity contribution in [1.82, 2.24) is 15.1 Å². The van der Waals surface area contributed by atoms with Crippen LogP contribution in [0.4, 0.5) is 0 Å². The van der Waals surface area contributed by atoms with Crippen LogP contribution in [0.1, 0.15) is 35.9 Å². The third-order valence-corrected chi connectivity index (χ3v) is 3.20. The molecule has 0 aliphatic heterocycles. The zero-order valence-electron chi connectivity index (χ0n) is 10.9. The van der Waals surface area contributed by atoms with Crippen LogP contribution in [-0.4, -0.2) is 15.7 Å². The Bertz CT molecular complexity index is 562. The molecule has 5 heteroatoms. The van der Waals surface area contributed by atoms with E-state index in [0.717, 1.165) is 12.2 Å². The number of carbonyl (C=O) groups excluding carboxylic acids is 1. The maximum Gasteiger partial charge on any atom is 0.251 e. The van der Waals surface area contributed by atoms with E-state index in [1.807, 2.05) is 24.6 Å². The van der Waals surface area contributed by atoms with Crippen molar-refractivity contribution in [1.29, 1.82) is 0 Å². The third kappa shape index (κ3) is 3.15. The van der Waals surface area contributed by atoms with Gasteiger partial charge in [-0.25, -0.2) is 0 Å². The second-order valence-electron chi connectivity index (χ2n) is 4.27. The molecule has 19 heavy (non-hydrogen) atoms. The Balaban J connectivity index is 2.08. The summed E-state index contributed by atoms with van der Waals surface area (Å²) >= 11 is 5.80. The fourth-order valence-electron chi connectivity index (χ4n) is 1.93. The van der Waals surface area contributed by atoms with Crippen molar-refractivity contribution >= 4 is 17.5 Å². The summed E-state index contributed by atoms with van der Waals surface area (Å²) in [7, 11) is 0. The van der Waals surface area contributed by atoms with E-state index in [1.54, 1.807) is 30.5 Å². The lowest BCUT2D eigenvalue weighted by atomic mass is 10.2. The monoisotopic (exact) mass is 277 g/mol. The highest BCUT2D eigenvalue weighted by Gasteiger charge is 2.14. The Hall–Kier alpha value is -1.81. The number of nitrogens with one attached hydrogen (secondary N) is 1. The van der Waals surface area contributed by atoms with Crippen molar-refractivity contribution in [3.63, 3.8) is 0 Å². The minimum Gasteiger partial charge on any atom is -0.344 e. The van der Waals surface area contributed by atoms with Crippen molar-refractivity contribution in [3.05, 3.63) is 52.8 Å². The van der Waals surface area contributed by atoms with E-state index in [2.05, 4.69) is 10.4 Å². The Morgan fingerprint density at radius 1 is 1.37 bits per heavy atom. The number of benzene rings is 1. The van der Waals surface area contributed by atoms with Crippen LogP contribution in [0.3, 0.4) is 0 Å². The summed E-state index contributed by atoms with van der Waals surface area (Å²) in [5.41, 5.74) is 1.59. The fourth-order valence-corrected chi connectivity index (χ4v) is 2.06. The normalized spacial score (nSPS) is 12.2. The quantitative estimate of drug-likeness (QED) is 0.934. The van der Waals surface area contributed by atoms with Gasteiger partial charge in [-0.05, 0) is 44.2 Å². The van der Waals surface area contributed by atoms with E-state index in [4.69, 9.17) is 11.6 Å². The molecule has 1 amide bonds. The molecule has 0 bridgehead atoms. The van der Waals surface area contributed by atoms with Gasteiger partial charge in [0.05, 0.1) is 11.7 Å². The van der Waals surface area contributed by atoms with Crippen molar-refractivity contribution < 1.29 is 4.79 Å². The third-order valence-electron chi connectivity index (χ3n) is 2.95. The van der Waals surface area contributed by atoms with Crippen LogP contribution in [0.5, 0.6) is 0 Å². The summed E-state index contributed by atoms with van der Waals surface area (Å²) in [6.45, 7) is 4.74. The first-order valence-electron chi connectivity index (χ1n) is 6.20. The summed E-state index contributed by atoms with van der Waals surface area (Å²) in [6, 6.07) is 8.65. The van der Waals surface area contributed by atoms with Crippen LogP contribution in [0, 0.1) is 0 Å². The highest BCUT2D eigenvalue weighted by Crippen LogP contribution is 2.14. The Labute approximate surface area is 117 Å². The molecule has 1 aromatic carbocycles. The first kappa shape index (κ1) is 13.6. The number of rotatable bonds is 4. The molecule has 1 unspecified atom stereocenters. The van der Waals surface area contributed by atoms with Gasteiger partial charge in [0.1, 0.15) is 0 Å². The molecule has 0 aliphatic rings. The van der Waals surface area contributed by atoms with E-state index in [0.29, 0.717) is 10.6 Å². The van der Waals surface area contributed by atoms with Crippen molar-refractivity contribution in [2.24, 2.45) is 0 Å². The van der Waals surface area contributed by atoms with E-state index >= 15 is 0 Å². The second kappa shape index (κ2) is 5.89. The average molecular weight is 278 g/mol. The van der Waals surface area contributed by atoms with Crippen molar-refractivity contribution in [2.45, 2.75) is 26.4 Å². The van der Waals surface area contributed by atoms with Gasteiger partial charge in [0.2, 0.25) is 0 Å². The topological polar surface area (TPSA) is 46.9 Å². The molecule has 0 aliphatic carbocycles. The van der Waals surface area contributed by atoms with Crippen LogP contribution in [0.25, 0.3) is 0 Å². The van der Waals surface area contributed by atoms with Crippen molar-refractivity contribution in [2.75, 3.05) is 0 Å². The van der Waals surface area contributed by atoms with Crippen molar-refractivity contribution in [3.8, 4) is 0 Å². The molecule has 1 atom stereocenters. The molecule has 0 fully saturated rings. The summed E-state index contributed by atoms with van der Waals surface area (Å²) in [5.74, 6) is -0.118. The Morgan fingerprint density at radius 3 is 2.68 bits per heavy atom. The lowest BCUT2D eigenvalue weighted by Crippen LogP contribution is -2.28. The molecule has 0 radical (unpaired) electrons. The minimum absolute atomic E-state index is 0.0920. The molecular weight excluding hydrogens is 262 g/mol. The molecule has 4 nitrogen and oxygen atoms in total. The van der Waals surface area contributed by atoms with Gasteiger partial charge in [-0.2, -0.15) is 5.10 Å². The summed E-state index contributed by atoms with van der Waals surface area (Å²) < 4.78 is 1.87. The van der Waals surface area contributed by atoms with E-state index in [9.17, 15) is 4.79 Å². The molecule has 1 aromatic heterocycles. The molecular formula is C14H16ClN3O. The lowest BCUT2D eigenvalue weighted by Gasteiger charge is -2.15. The Kier molecular flexibility index (Phi) is 4.22. The first-order chi connectivity index (χ1) is 9.11. The number of halogens is 1. The number of amides is 1. The average Bonchev–Trinajstić information content (AvgIpc) is 2.87. The largest absolute Gasteiger partial charge is 0.344 e. The number of aryl methyl sites for hydroxylation is 1. The van der Waals surface area contributed by atoms with E-state index in [1.165, 1.54) is 0 Å². The number of hydrogen-bond acceptors (Lipinski definition) is 2. The zero-order valence-corrected chi connectivity index (χ0v) is 11.7. The molecule has 0 saturated heterocycles. The lowest BCUT2D eigenvalue weighted by molar-refractivity contribution is 0.0938. The van der Waals surface area contributed by atoms with Gasteiger partial charge >= 0.3 is 0 Å². The fraction of sp³-hybridized carbons (Fsp3) is 0.286. The molecule has 1 N–H and O–H groups in total. The highest BCUT2D eigenvalue weighted by molar-refractivity contribution is 6.30. The predicted octanol–water partition coefficient (Wildman–Crippen LogP) is 3.05. The Morgan fingerprint density at radius 2 is 2.05 bits per heavy atom. The molecule has 0 spiro atoms. The van der Waals surface area contributed by atoms with Gasteiger partial charge in [0.25, 0.3) is 5.91 Å². The van der Waals surface area contributed by atoms with E-state index in [-0.39, 0.29) is 11.9 Å². The van der Waals surface area contributed by atoms with E-state index < -0.39 is 0 Å². The van der Waals surface area contributed by atoms with Gasteiger partial charge in [0.15, 0.2) is 0 Å². The standard InChI is InChI=1S/C14H16ClN3O/c1-3-18-13(8-9-16-18)10(2)17-14(19)11-4-6-12(15)7-5-11/h4-10H,3H2,1-2H3,(H,17,19). The van der Waals surface area contributed by atoms with Crippen LogP contribution in [0.2, 0.25) is 5.02 Å². The number of hydrogen-bond donors (Lipinski definition) is 1. The maximum absolute atomic E-state index is 12.1. The maximum atomic E-state index is 12.1. The number of nitrogens with zero attached hydrogens (tertiary/aromatic N) is 2. The summed E-state index contributed by atoms with van der Waals surface area (Å²) in [4.78, 5) is 12.1. The molecule has 2 rings (SSSR count). The van der Waals surface area contributed by atoms with Crippen LogP contribution in [0.15, 0.2) is 36.5 Å². The van der Waals surface area contributed by atoms with Gasteiger partial charge in [-0.15, -0.1) is 0 Å². The first-order valence-corrected chi connectivity index (χ1v) is 6.57. The molecule has 2 aromatic rings. The van der Waals surface area contributed by atoms with Crippen LogP contribution in [-0.2, 0) is 6.54 Å². The zero-order chi connectivity index (χ0) is 13.8. The summed E-state index contributed by atoms with van der Waals surface area (Å²) in [5, 5.41) is 7.76. The molecule has 100 valence electrons. The predicted molar refractivity (Wildman–Crippen MR) is 75.2 cm³/mol. The molecule has 1 heterocycles. The van der Waals surface area contributed by atoms with Gasteiger partial charge in [0, 0.05) is 23.3 Å². The minimum atomic E-state index is -0.118. The SMILES string of the molecule is CCn1nccc1C(C)NC(=O)c1ccc(Cl)cc1. The van der Waals surface area contributed by atoms with Crippen LogP contribution >= 0.6 is 11.6 Å². The number of carbonyl (C=O) groups is 1. The van der Waals surface area contributed by atoms with Gasteiger partial charge in [-0.3, -0.25) is 9.48 Å². The second-order valence-corrected chi connectivity index (χ2v) is 4.71. The van der Waals surface area contributed by atoms with Gasteiger partial charge in [-0.1, -0.05) is 11.6 Å².